The van der Waals surface area contributed by atoms with Gasteiger partial charge in [0, 0.05) is 26.8 Å². The van der Waals surface area contributed by atoms with E-state index in [2.05, 4.69) is 22.4 Å². The number of hydrogen-bond acceptors (Lipinski definition) is 4. The molecule has 1 atom stereocenters. The van der Waals surface area contributed by atoms with Crippen molar-refractivity contribution in [2.75, 3.05) is 20.3 Å². The van der Waals surface area contributed by atoms with E-state index in [1.807, 2.05) is 30.3 Å². The van der Waals surface area contributed by atoms with Gasteiger partial charge in [-0.2, -0.15) is 15.0 Å². The Morgan fingerprint density at radius 3 is 2.84 bits per heavy atom. The van der Waals surface area contributed by atoms with Crippen molar-refractivity contribution in [1.29, 1.82) is 0 Å². The minimum absolute atomic E-state index is 0.495. The first kappa shape index (κ1) is 13.7. The Morgan fingerprint density at radius 2 is 2.11 bits per heavy atom. The van der Waals surface area contributed by atoms with Crippen LogP contribution in [0.1, 0.15) is 12.6 Å². The van der Waals surface area contributed by atoms with Gasteiger partial charge in [-0.15, -0.1) is 0 Å². The van der Waals surface area contributed by atoms with Gasteiger partial charge in [0.05, 0.1) is 17.6 Å². The average Bonchev–Trinajstić information content (AvgIpc) is 2.89. The molecule has 5 heteroatoms. The number of nitrogens with zero attached hydrogens (tertiary/aromatic N) is 3. The van der Waals surface area contributed by atoms with E-state index in [4.69, 9.17) is 4.74 Å². The fourth-order valence-corrected chi connectivity index (χ4v) is 1.85. The fourth-order valence-electron chi connectivity index (χ4n) is 1.85. The summed E-state index contributed by atoms with van der Waals surface area (Å²) in [6.07, 6.45) is 1.79. The average molecular weight is 260 g/mol. The van der Waals surface area contributed by atoms with Crippen LogP contribution in [0.15, 0.2) is 36.5 Å². The largest absolute Gasteiger partial charge is 0.384 e. The van der Waals surface area contributed by atoms with Crippen LogP contribution in [0.25, 0.3) is 5.69 Å². The molecule has 0 bridgehead atoms. The summed E-state index contributed by atoms with van der Waals surface area (Å²) in [4.78, 5) is 1.65. The zero-order chi connectivity index (χ0) is 13.5. The van der Waals surface area contributed by atoms with E-state index in [0.717, 1.165) is 31.1 Å². The van der Waals surface area contributed by atoms with E-state index < -0.39 is 0 Å². The Labute approximate surface area is 113 Å². The molecule has 0 fully saturated rings. The SMILES string of the molecule is COCC(C)CNCc1cnn(-c2ccccc2)n1. The zero-order valence-electron chi connectivity index (χ0n) is 11.4. The molecule has 1 aromatic heterocycles. The first-order valence-corrected chi connectivity index (χ1v) is 6.46. The third-order valence-electron chi connectivity index (χ3n) is 2.78. The van der Waals surface area contributed by atoms with Crippen LogP contribution in [0.2, 0.25) is 0 Å². The first-order valence-electron chi connectivity index (χ1n) is 6.46. The summed E-state index contributed by atoms with van der Waals surface area (Å²) in [5.74, 6) is 0.495. The van der Waals surface area contributed by atoms with Crippen molar-refractivity contribution >= 4 is 0 Å². The molecule has 0 spiro atoms. The molecule has 0 aliphatic heterocycles. The van der Waals surface area contributed by atoms with Crippen LogP contribution in [-0.2, 0) is 11.3 Å². The second-order valence-corrected chi connectivity index (χ2v) is 4.65. The van der Waals surface area contributed by atoms with Gasteiger partial charge in [-0.1, -0.05) is 25.1 Å². The number of methoxy groups -OCH3 is 1. The molecular formula is C14H20N4O. The maximum absolute atomic E-state index is 5.10. The van der Waals surface area contributed by atoms with E-state index in [-0.39, 0.29) is 0 Å². The molecule has 1 heterocycles. The van der Waals surface area contributed by atoms with Gasteiger partial charge in [0.25, 0.3) is 0 Å². The van der Waals surface area contributed by atoms with Crippen LogP contribution in [0.5, 0.6) is 0 Å². The summed E-state index contributed by atoms with van der Waals surface area (Å²) in [7, 11) is 1.72. The number of aromatic nitrogens is 3. The third kappa shape index (κ3) is 4.15. The van der Waals surface area contributed by atoms with Gasteiger partial charge in [0.2, 0.25) is 0 Å². The molecule has 0 amide bonds. The lowest BCUT2D eigenvalue weighted by molar-refractivity contribution is 0.158. The van der Waals surface area contributed by atoms with Crippen LogP contribution >= 0.6 is 0 Å². The van der Waals surface area contributed by atoms with Gasteiger partial charge in [0.15, 0.2) is 0 Å². The Hall–Kier alpha value is -1.72. The molecule has 102 valence electrons. The van der Waals surface area contributed by atoms with E-state index >= 15 is 0 Å². The molecule has 19 heavy (non-hydrogen) atoms. The number of benzene rings is 1. The van der Waals surface area contributed by atoms with Crippen LogP contribution in [0.3, 0.4) is 0 Å². The lowest BCUT2D eigenvalue weighted by Gasteiger charge is -2.10. The van der Waals surface area contributed by atoms with Crippen molar-refractivity contribution in [1.82, 2.24) is 20.3 Å². The smallest absolute Gasteiger partial charge is 0.0969 e. The van der Waals surface area contributed by atoms with Gasteiger partial charge in [-0.25, -0.2) is 0 Å². The zero-order valence-corrected chi connectivity index (χ0v) is 11.4. The summed E-state index contributed by atoms with van der Waals surface area (Å²) in [5, 5.41) is 12.1. The Balaban J connectivity index is 1.85. The molecule has 1 aromatic carbocycles. The highest BCUT2D eigenvalue weighted by Gasteiger charge is 2.04. The van der Waals surface area contributed by atoms with Gasteiger partial charge >= 0.3 is 0 Å². The standard InChI is InChI=1S/C14H20N4O/c1-12(11-19-2)8-15-9-13-10-16-18(17-13)14-6-4-3-5-7-14/h3-7,10,12,15H,8-9,11H2,1-2H3. The highest BCUT2D eigenvalue weighted by Crippen LogP contribution is 2.04. The van der Waals surface area contributed by atoms with Crippen molar-refractivity contribution < 1.29 is 4.74 Å². The maximum Gasteiger partial charge on any atom is 0.0969 e. The minimum Gasteiger partial charge on any atom is -0.384 e. The van der Waals surface area contributed by atoms with E-state index in [0.29, 0.717) is 5.92 Å². The monoisotopic (exact) mass is 260 g/mol. The second-order valence-electron chi connectivity index (χ2n) is 4.65. The lowest BCUT2D eigenvalue weighted by Crippen LogP contribution is -2.23. The number of para-hydroxylation sites is 1. The lowest BCUT2D eigenvalue weighted by atomic mass is 10.2. The van der Waals surface area contributed by atoms with Crippen LogP contribution in [0, 0.1) is 5.92 Å². The predicted molar refractivity (Wildman–Crippen MR) is 74.1 cm³/mol. The van der Waals surface area contributed by atoms with Crippen molar-refractivity contribution in [3.63, 3.8) is 0 Å². The second kappa shape index (κ2) is 7.01. The van der Waals surface area contributed by atoms with Crippen LogP contribution in [0.4, 0.5) is 0 Å². The molecule has 5 nitrogen and oxygen atoms in total. The van der Waals surface area contributed by atoms with Crippen molar-refractivity contribution in [2.24, 2.45) is 5.92 Å². The van der Waals surface area contributed by atoms with Crippen LogP contribution in [-0.4, -0.2) is 35.3 Å². The molecule has 0 saturated heterocycles. The molecule has 0 aliphatic rings. The van der Waals surface area contributed by atoms with Crippen molar-refractivity contribution in [2.45, 2.75) is 13.5 Å². The molecule has 0 saturated carbocycles. The highest BCUT2D eigenvalue weighted by atomic mass is 16.5. The summed E-state index contributed by atoms with van der Waals surface area (Å²) < 4.78 is 5.10. The number of hydrogen-bond donors (Lipinski definition) is 1. The predicted octanol–water partition coefficient (Wildman–Crippen LogP) is 1.64. The molecule has 2 rings (SSSR count). The summed E-state index contributed by atoms with van der Waals surface area (Å²) in [5.41, 5.74) is 1.91. The maximum atomic E-state index is 5.10. The summed E-state index contributed by atoms with van der Waals surface area (Å²) in [6, 6.07) is 9.90. The Kier molecular flexibility index (Phi) is 5.06. The Bertz CT molecular complexity index is 483. The molecule has 0 radical (unpaired) electrons. The quantitative estimate of drug-likeness (QED) is 0.822. The molecule has 1 N–H and O–H groups in total. The summed E-state index contributed by atoms with van der Waals surface area (Å²) in [6.45, 7) is 4.55. The van der Waals surface area contributed by atoms with Gasteiger partial charge in [-0.05, 0) is 18.1 Å². The topological polar surface area (TPSA) is 52.0 Å². The number of ether oxygens (including phenoxy) is 1. The summed E-state index contributed by atoms with van der Waals surface area (Å²) >= 11 is 0. The fraction of sp³-hybridized carbons (Fsp3) is 0.429. The van der Waals surface area contributed by atoms with E-state index in [1.54, 1.807) is 18.1 Å². The third-order valence-corrected chi connectivity index (χ3v) is 2.78. The highest BCUT2D eigenvalue weighted by molar-refractivity contribution is 5.28. The Morgan fingerprint density at radius 1 is 1.32 bits per heavy atom. The first-order chi connectivity index (χ1) is 9.29. The van der Waals surface area contributed by atoms with E-state index in [9.17, 15) is 0 Å². The van der Waals surface area contributed by atoms with Crippen molar-refractivity contribution in [3.8, 4) is 5.69 Å². The normalized spacial score (nSPS) is 12.5. The molecule has 2 aromatic rings. The molecular weight excluding hydrogens is 240 g/mol. The van der Waals surface area contributed by atoms with Crippen LogP contribution < -0.4 is 5.32 Å². The van der Waals surface area contributed by atoms with E-state index in [1.165, 1.54) is 0 Å². The molecule has 0 aliphatic carbocycles. The van der Waals surface area contributed by atoms with Gasteiger partial charge < -0.3 is 10.1 Å². The van der Waals surface area contributed by atoms with Gasteiger partial charge in [-0.3, -0.25) is 0 Å². The van der Waals surface area contributed by atoms with Crippen molar-refractivity contribution in [3.05, 3.63) is 42.2 Å². The minimum atomic E-state index is 0.495. The molecule has 1 unspecified atom stereocenters. The number of rotatable bonds is 7. The number of nitrogens with one attached hydrogen (secondary N) is 1. The van der Waals surface area contributed by atoms with Gasteiger partial charge in [0.1, 0.15) is 0 Å².